The molecule has 49 heavy (non-hydrogen) atoms. The van der Waals surface area contributed by atoms with Gasteiger partial charge in [-0.25, -0.2) is 9.78 Å². The zero-order valence-electron chi connectivity index (χ0n) is 29.3. The largest absolute Gasteiger partial charge is 0.453 e. The van der Waals surface area contributed by atoms with Gasteiger partial charge in [0.1, 0.15) is 11.9 Å². The van der Waals surface area contributed by atoms with Crippen molar-refractivity contribution in [1.82, 2.24) is 30.4 Å². The number of hydrogen-bond acceptors (Lipinski definition) is 7. The van der Waals surface area contributed by atoms with Crippen LogP contribution in [0.2, 0.25) is 0 Å². The van der Waals surface area contributed by atoms with Gasteiger partial charge < -0.3 is 30.2 Å². The molecule has 4 heterocycles. The van der Waals surface area contributed by atoms with Crippen molar-refractivity contribution in [2.45, 2.75) is 84.0 Å². The predicted molar refractivity (Wildman–Crippen MR) is 189 cm³/mol. The van der Waals surface area contributed by atoms with Crippen molar-refractivity contribution in [2.24, 2.45) is 16.8 Å². The van der Waals surface area contributed by atoms with E-state index in [0.29, 0.717) is 13.0 Å². The van der Waals surface area contributed by atoms with Gasteiger partial charge in [0.25, 0.3) is 0 Å². The van der Waals surface area contributed by atoms with Crippen LogP contribution in [-0.4, -0.2) is 88.8 Å². The number of rotatable bonds is 9. The molecule has 0 spiro atoms. The van der Waals surface area contributed by atoms with Crippen molar-refractivity contribution in [3.8, 4) is 34.9 Å². The summed E-state index contributed by atoms with van der Waals surface area (Å²) in [6.07, 6.45) is 7.09. The summed E-state index contributed by atoms with van der Waals surface area (Å²) >= 11 is 0. The van der Waals surface area contributed by atoms with Gasteiger partial charge in [0, 0.05) is 42.6 Å². The van der Waals surface area contributed by atoms with Crippen LogP contribution < -0.4 is 10.6 Å². The zero-order valence-corrected chi connectivity index (χ0v) is 29.3. The Labute approximate surface area is 289 Å². The number of methoxy groups -OCH3 is 1. The molecule has 3 aliphatic heterocycles. The number of nitrogens with zero attached hydrogens (tertiary/aromatic N) is 4. The van der Waals surface area contributed by atoms with Crippen LogP contribution in [0.5, 0.6) is 0 Å². The number of alkyl carbamates (subject to hydrolysis) is 1. The number of aromatic amines is 1. The fraction of sp³-hybridized carbons (Fsp3) is 0.500. The Balaban J connectivity index is 1.16. The van der Waals surface area contributed by atoms with E-state index in [0.717, 1.165) is 66.2 Å². The van der Waals surface area contributed by atoms with Crippen LogP contribution in [0.3, 0.4) is 0 Å². The van der Waals surface area contributed by atoms with E-state index in [1.165, 1.54) is 7.11 Å². The maximum absolute atomic E-state index is 13.4. The van der Waals surface area contributed by atoms with Gasteiger partial charge in [-0.1, -0.05) is 51.7 Å². The van der Waals surface area contributed by atoms with E-state index in [9.17, 15) is 14.4 Å². The quantitative estimate of drug-likeness (QED) is 0.340. The molecule has 258 valence electrons. The Morgan fingerprint density at radius 2 is 1.55 bits per heavy atom. The average molecular weight is 666 g/mol. The number of hydrogen-bond donors (Lipinski definition) is 3. The molecule has 0 aliphatic carbocycles. The van der Waals surface area contributed by atoms with Crippen molar-refractivity contribution in [3.05, 3.63) is 53.6 Å². The number of nitrogens with one attached hydrogen (secondary N) is 3. The van der Waals surface area contributed by atoms with Gasteiger partial charge in [0.15, 0.2) is 0 Å². The van der Waals surface area contributed by atoms with Gasteiger partial charge in [-0.2, -0.15) is 0 Å². The molecule has 3 aliphatic rings. The van der Waals surface area contributed by atoms with Crippen LogP contribution >= 0.6 is 0 Å². The summed E-state index contributed by atoms with van der Waals surface area (Å²) in [4.78, 5) is 55.0. The van der Waals surface area contributed by atoms with Gasteiger partial charge >= 0.3 is 6.09 Å². The number of carbonyl (C=O) groups excluding carboxylic acids is 3. The second-order valence-corrected chi connectivity index (χ2v) is 13.5. The Morgan fingerprint density at radius 1 is 0.918 bits per heavy atom. The van der Waals surface area contributed by atoms with E-state index in [2.05, 4.69) is 63.1 Å². The van der Waals surface area contributed by atoms with E-state index in [4.69, 9.17) is 4.74 Å². The molecule has 3 amide bonds. The van der Waals surface area contributed by atoms with E-state index in [-0.39, 0.29) is 41.8 Å². The molecular formula is C38H47N7O4. The number of likely N-dealkylation sites (N-methyl/N-ethyl adjacent to an activating group) is 1. The molecule has 2 aromatic rings. The summed E-state index contributed by atoms with van der Waals surface area (Å²) in [5.41, 5.74) is 4.49. The highest BCUT2D eigenvalue weighted by Crippen LogP contribution is 2.33. The number of benzene rings is 1. The summed E-state index contributed by atoms with van der Waals surface area (Å²) in [7, 11) is 3.13. The van der Waals surface area contributed by atoms with Gasteiger partial charge in [0.2, 0.25) is 11.8 Å². The highest BCUT2D eigenvalue weighted by atomic mass is 16.5. The van der Waals surface area contributed by atoms with Crippen LogP contribution in [0.25, 0.3) is 11.3 Å². The van der Waals surface area contributed by atoms with Gasteiger partial charge in [-0.05, 0) is 74.1 Å². The zero-order chi connectivity index (χ0) is 35.1. The minimum atomic E-state index is -0.662. The van der Waals surface area contributed by atoms with Crippen molar-refractivity contribution in [2.75, 3.05) is 27.2 Å². The van der Waals surface area contributed by atoms with E-state index in [1.807, 2.05) is 61.2 Å². The van der Waals surface area contributed by atoms with Gasteiger partial charge in [-0.3, -0.25) is 14.6 Å². The number of imidazole rings is 1. The van der Waals surface area contributed by atoms with E-state index in [1.54, 1.807) is 6.20 Å². The highest BCUT2D eigenvalue weighted by molar-refractivity contribution is 5.98. The molecule has 2 fully saturated rings. The standard InChI is InChI=1S/C38H47N7O4/c1-24(2)33(39-5)36(46)45-20-10-14-32(45)35-41-23-30(42-35)28-17-15-26(16-18-28)11-7-8-12-27-21-29(40-22-27)31-13-9-19-44(31)37(47)34(25(3)4)43-38(48)49-6/h15-18,22-25,31-34,39H,9-10,13-14,19-21H2,1-6H3,(H,41,42)(H,43,48)/t31-,32-,33-,34-/m0/s1. The normalized spacial score (nSPS) is 19.8. The number of H-pyrrole nitrogens is 1. The fourth-order valence-corrected chi connectivity index (χ4v) is 6.82. The highest BCUT2D eigenvalue weighted by Gasteiger charge is 2.39. The lowest BCUT2D eigenvalue weighted by Crippen LogP contribution is -2.53. The first kappa shape index (κ1) is 35.4. The molecule has 1 aromatic carbocycles. The number of amides is 3. The minimum Gasteiger partial charge on any atom is -0.453 e. The maximum Gasteiger partial charge on any atom is 0.407 e. The maximum atomic E-state index is 13.4. The molecule has 1 aromatic heterocycles. The summed E-state index contributed by atoms with van der Waals surface area (Å²) in [6.45, 7) is 9.28. The third-order valence-electron chi connectivity index (χ3n) is 9.45. The molecule has 3 N–H and O–H groups in total. The second-order valence-electron chi connectivity index (χ2n) is 13.5. The summed E-state index contributed by atoms with van der Waals surface area (Å²) in [5.74, 6) is 13.1. The van der Waals surface area contributed by atoms with Crippen molar-refractivity contribution < 1.29 is 19.1 Å². The predicted octanol–water partition coefficient (Wildman–Crippen LogP) is 4.44. The van der Waals surface area contributed by atoms with Crippen molar-refractivity contribution >= 4 is 23.6 Å². The number of aliphatic imine (C=N–C) groups is 1. The average Bonchev–Trinajstić information content (AvgIpc) is 3.92. The molecule has 0 radical (unpaired) electrons. The second kappa shape index (κ2) is 16.0. The summed E-state index contributed by atoms with van der Waals surface area (Å²) < 4.78 is 4.73. The summed E-state index contributed by atoms with van der Waals surface area (Å²) in [5, 5.41) is 5.86. The number of ether oxygens (including phenoxy) is 1. The number of likely N-dealkylation sites (tertiary alicyclic amines) is 2. The fourth-order valence-electron chi connectivity index (χ4n) is 6.82. The molecule has 11 nitrogen and oxygen atoms in total. The van der Waals surface area contributed by atoms with Gasteiger partial charge in [0.05, 0.1) is 37.1 Å². The smallest absolute Gasteiger partial charge is 0.407 e. The Hall–Kier alpha value is -4.87. The van der Waals surface area contributed by atoms with Crippen LogP contribution in [0.4, 0.5) is 4.79 Å². The number of carbonyl (C=O) groups is 3. The molecule has 0 saturated carbocycles. The van der Waals surface area contributed by atoms with E-state index < -0.39 is 12.1 Å². The van der Waals surface area contributed by atoms with Crippen LogP contribution in [0.15, 0.2) is 47.2 Å². The van der Waals surface area contributed by atoms with Crippen LogP contribution in [0, 0.1) is 35.5 Å². The molecule has 0 unspecified atom stereocenters. The first-order valence-corrected chi connectivity index (χ1v) is 17.2. The first-order valence-electron chi connectivity index (χ1n) is 17.2. The lowest BCUT2D eigenvalue weighted by Gasteiger charge is -2.31. The van der Waals surface area contributed by atoms with E-state index >= 15 is 0 Å². The number of aromatic nitrogens is 2. The topological polar surface area (TPSA) is 132 Å². The lowest BCUT2D eigenvalue weighted by molar-refractivity contribution is -0.135. The molecule has 11 heteroatoms. The van der Waals surface area contributed by atoms with Gasteiger partial charge in [-0.15, -0.1) is 0 Å². The van der Waals surface area contributed by atoms with Crippen molar-refractivity contribution in [3.63, 3.8) is 0 Å². The molecule has 0 bridgehead atoms. The molecule has 2 saturated heterocycles. The number of allylic oxidation sites excluding steroid dienone is 1. The molecule has 5 rings (SSSR count). The van der Waals surface area contributed by atoms with Crippen molar-refractivity contribution in [1.29, 1.82) is 0 Å². The SMILES string of the molecule is CN[C@H](C(=O)N1CCC[C@H]1c1ncc(-c2ccc(C#CC#CC3=CN=C([C@@H]4CCCN4C(=O)[C@@H](NC(=O)OC)C(C)C)C3)cc2)[nH]1)C(C)C. The third-order valence-corrected chi connectivity index (χ3v) is 9.45. The molecule has 4 atom stereocenters. The third kappa shape index (κ3) is 8.23. The first-order chi connectivity index (χ1) is 23.6. The Bertz CT molecular complexity index is 1720. The lowest BCUT2D eigenvalue weighted by atomic mass is 10.00. The minimum absolute atomic E-state index is 0.0526. The molecular weight excluding hydrogens is 618 g/mol. The summed E-state index contributed by atoms with van der Waals surface area (Å²) in [6, 6.07) is 6.87. The Morgan fingerprint density at radius 3 is 2.20 bits per heavy atom. The Kier molecular flexibility index (Phi) is 11.6. The van der Waals surface area contributed by atoms with Crippen LogP contribution in [-0.2, 0) is 14.3 Å². The monoisotopic (exact) mass is 665 g/mol. The van der Waals surface area contributed by atoms with Crippen LogP contribution in [0.1, 0.15) is 77.2 Å².